The number of aromatic nitrogens is 3. The minimum atomic E-state index is -0.341. The topological polar surface area (TPSA) is 59.8 Å². The third-order valence-electron chi connectivity index (χ3n) is 4.39. The molecule has 0 unspecified atom stereocenters. The van der Waals surface area contributed by atoms with Crippen LogP contribution in [-0.4, -0.2) is 20.6 Å². The van der Waals surface area contributed by atoms with Gasteiger partial charge in [0.2, 0.25) is 0 Å². The molecule has 0 aliphatic heterocycles. The van der Waals surface area contributed by atoms with Crippen LogP contribution < -0.4 is 11.0 Å². The molecule has 1 N–H and O–H groups in total. The molecular weight excluding hydrogens is 344 g/mol. The van der Waals surface area contributed by atoms with Gasteiger partial charge in [0.15, 0.2) is 11.5 Å². The first-order valence-electron chi connectivity index (χ1n) is 8.15. The molecule has 0 amide bonds. The highest BCUT2D eigenvalue weighted by Gasteiger charge is 2.30. The summed E-state index contributed by atoms with van der Waals surface area (Å²) in [6.45, 7) is 0. The highest BCUT2D eigenvalue weighted by Crippen LogP contribution is 2.44. The predicted octanol–water partition coefficient (Wildman–Crippen LogP) is 3.95. The van der Waals surface area contributed by atoms with Crippen molar-refractivity contribution in [2.45, 2.75) is 37.6 Å². The second-order valence-corrected chi connectivity index (χ2v) is 7.87. The van der Waals surface area contributed by atoms with E-state index in [1.54, 1.807) is 17.4 Å². The van der Waals surface area contributed by atoms with Crippen LogP contribution in [0.3, 0.4) is 0 Å². The summed E-state index contributed by atoms with van der Waals surface area (Å²) in [6.07, 6.45) is 4.61. The Morgan fingerprint density at radius 2 is 1.96 bits per heavy atom. The predicted molar refractivity (Wildman–Crippen MR) is 96.6 cm³/mol. The summed E-state index contributed by atoms with van der Waals surface area (Å²) in [7, 11) is 0. The average molecular weight is 359 g/mol. The molecule has 0 atom stereocenters. The van der Waals surface area contributed by atoms with E-state index in [1.165, 1.54) is 17.4 Å². The van der Waals surface area contributed by atoms with E-state index in [1.807, 2.05) is 18.2 Å². The maximum absolute atomic E-state index is 12.7. The van der Waals surface area contributed by atoms with Crippen molar-refractivity contribution >= 4 is 39.1 Å². The molecule has 2 aliphatic carbocycles. The van der Waals surface area contributed by atoms with Crippen LogP contribution in [0.25, 0.3) is 16.0 Å². The maximum Gasteiger partial charge on any atom is 0.355 e. The van der Waals surface area contributed by atoms with Gasteiger partial charge in [0.25, 0.3) is 0 Å². The fourth-order valence-corrected chi connectivity index (χ4v) is 4.19. The highest BCUT2D eigenvalue weighted by atomic mass is 35.5. The number of para-hydroxylation sites is 1. The largest absolute Gasteiger partial charge is 0.366 e. The first-order valence-corrected chi connectivity index (χ1v) is 9.35. The molecule has 0 spiro atoms. The van der Waals surface area contributed by atoms with Gasteiger partial charge < -0.3 is 5.32 Å². The van der Waals surface area contributed by atoms with E-state index >= 15 is 0 Å². The molecule has 2 fully saturated rings. The lowest BCUT2D eigenvalue weighted by Gasteiger charge is -2.10. The van der Waals surface area contributed by atoms with Crippen LogP contribution >= 0.6 is 22.9 Å². The molecule has 3 aromatic rings. The monoisotopic (exact) mass is 358 g/mol. The molecule has 2 heterocycles. The third kappa shape index (κ3) is 2.41. The minimum absolute atomic E-state index is 0.341. The fourth-order valence-electron chi connectivity index (χ4n) is 2.79. The lowest BCUT2D eigenvalue weighted by molar-refractivity contribution is 0.933. The Bertz CT molecular complexity index is 1000. The van der Waals surface area contributed by atoms with Crippen molar-refractivity contribution in [1.82, 2.24) is 14.5 Å². The Balaban J connectivity index is 1.78. The van der Waals surface area contributed by atoms with Gasteiger partial charge in [-0.2, -0.15) is 4.98 Å². The number of rotatable bonds is 4. The maximum atomic E-state index is 12.7. The van der Waals surface area contributed by atoms with Crippen LogP contribution in [0.5, 0.6) is 0 Å². The van der Waals surface area contributed by atoms with Crippen molar-refractivity contribution in [3.63, 3.8) is 0 Å². The zero-order valence-corrected chi connectivity index (χ0v) is 14.4. The Hall–Kier alpha value is -1.92. The van der Waals surface area contributed by atoms with Gasteiger partial charge in [-0.15, -0.1) is 11.3 Å². The number of fused-ring (bicyclic) bond motifs is 1. The highest BCUT2D eigenvalue weighted by molar-refractivity contribution is 7.19. The summed E-state index contributed by atoms with van der Waals surface area (Å²) in [5, 5.41) is 4.99. The number of benzene rings is 1. The summed E-state index contributed by atoms with van der Waals surface area (Å²) < 4.78 is 2.49. The molecule has 7 heteroatoms. The number of anilines is 1. The molecule has 0 radical (unpaired) electrons. The van der Waals surface area contributed by atoms with Crippen molar-refractivity contribution in [3.05, 3.63) is 44.8 Å². The van der Waals surface area contributed by atoms with Crippen LogP contribution in [0.4, 0.5) is 5.82 Å². The van der Waals surface area contributed by atoms with Gasteiger partial charge in [-0.3, -0.25) is 0 Å². The molecule has 24 heavy (non-hydrogen) atoms. The van der Waals surface area contributed by atoms with Crippen LogP contribution in [0.1, 0.15) is 36.6 Å². The summed E-state index contributed by atoms with van der Waals surface area (Å²) in [5.41, 5.74) is 0.955. The number of thiazole rings is 1. The minimum Gasteiger partial charge on any atom is -0.366 e. The van der Waals surface area contributed by atoms with E-state index in [0.717, 1.165) is 22.5 Å². The third-order valence-corrected chi connectivity index (χ3v) is 5.92. The van der Waals surface area contributed by atoms with Gasteiger partial charge in [-0.1, -0.05) is 23.7 Å². The molecule has 1 aromatic carbocycles. The molecule has 5 rings (SSSR count). The van der Waals surface area contributed by atoms with E-state index in [4.69, 9.17) is 16.6 Å². The van der Waals surface area contributed by atoms with Gasteiger partial charge in [0, 0.05) is 12.0 Å². The lowest BCUT2D eigenvalue weighted by atomic mass is 10.3. The summed E-state index contributed by atoms with van der Waals surface area (Å²) in [6, 6.07) is 7.75. The van der Waals surface area contributed by atoms with Gasteiger partial charge in [-0.25, -0.2) is 14.3 Å². The normalized spacial score (nSPS) is 17.4. The Morgan fingerprint density at radius 3 is 2.67 bits per heavy atom. The SMILES string of the molecule is O=c1nc(NC2CC2)c2sc(C3CC3)nc2n1-c1ccccc1Cl. The number of nitrogens with one attached hydrogen (secondary N) is 1. The molecule has 2 saturated carbocycles. The zero-order valence-electron chi connectivity index (χ0n) is 12.8. The van der Waals surface area contributed by atoms with Gasteiger partial charge >= 0.3 is 5.69 Å². The van der Waals surface area contributed by atoms with Crippen molar-refractivity contribution in [2.24, 2.45) is 0 Å². The van der Waals surface area contributed by atoms with Crippen molar-refractivity contribution in [1.29, 1.82) is 0 Å². The van der Waals surface area contributed by atoms with E-state index in [-0.39, 0.29) is 5.69 Å². The van der Waals surface area contributed by atoms with E-state index in [0.29, 0.717) is 34.1 Å². The molecule has 0 bridgehead atoms. The molecule has 0 saturated heterocycles. The van der Waals surface area contributed by atoms with Crippen LogP contribution in [-0.2, 0) is 0 Å². The standard InChI is InChI=1S/C17H15ClN4OS/c18-11-3-1-2-4-12(11)22-15-13(24-16(21-15)9-5-6-9)14(20-17(22)23)19-10-7-8-10/h1-4,9-10H,5-8H2,(H,19,20,23). The molecular formula is C17H15ClN4OS. The second-order valence-electron chi connectivity index (χ2n) is 6.43. The average Bonchev–Trinajstić information content (AvgIpc) is 3.49. The lowest BCUT2D eigenvalue weighted by Crippen LogP contribution is -2.24. The quantitative estimate of drug-likeness (QED) is 0.767. The second kappa shape index (κ2) is 5.29. The molecule has 122 valence electrons. The van der Waals surface area contributed by atoms with Crippen molar-refractivity contribution < 1.29 is 0 Å². The van der Waals surface area contributed by atoms with E-state index in [2.05, 4.69) is 10.3 Å². The van der Waals surface area contributed by atoms with Crippen molar-refractivity contribution in [3.8, 4) is 5.69 Å². The van der Waals surface area contributed by atoms with E-state index in [9.17, 15) is 4.79 Å². The van der Waals surface area contributed by atoms with Crippen LogP contribution in [0, 0.1) is 0 Å². The van der Waals surface area contributed by atoms with E-state index < -0.39 is 0 Å². The summed E-state index contributed by atoms with van der Waals surface area (Å²) >= 11 is 7.97. The number of halogens is 1. The fraction of sp³-hybridized carbons (Fsp3) is 0.353. The Kier molecular flexibility index (Phi) is 3.18. The van der Waals surface area contributed by atoms with Gasteiger partial charge in [0.05, 0.1) is 15.7 Å². The smallest absolute Gasteiger partial charge is 0.355 e. The Morgan fingerprint density at radius 1 is 1.17 bits per heavy atom. The van der Waals surface area contributed by atoms with Crippen molar-refractivity contribution in [2.75, 3.05) is 5.32 Å². The molecule has 5 nitrogen and oxygen atoms in total. The Labute approximate surface area is 147 Å². The zero-order chi connectivity index (χ0) is 16.3. The molecule has 2 aromatic heterocycles. The summed E-state index contributed by atoms with van der Waals surface area (Å²) in [5.74, 6) is 1.20. The van der Waals surface area contributed by atoms with Gasteiger partial charge in [-0.05, 0) is 37.8 Å². The van der Waals surface area contributed by atoms with Gasteiger partial charge in [0.1, 0.15) is 4.70 Å². The van der Waals surface area contributed by atoms with Crippen LogP contribution in [0.2, 0.25) is 5.02 Å². The van der Waals surface area contributed by atoms with Crippen LogP contribution in [0.15, 0.2) is 29.1 Å². The number of hydrogen-bond donors (Lipinski definition) is 1. The summed E-state index contributed by atoms with van der Waals surface area (Å²) in [4.78, 5) is 21.8. The number of nitrogens with zero attached hydrogens (tertiary/aromatic N) is 3. The number of hydrogen-bond acceptors (Lipinski definition) is 5. The first-order chi connectivity index (χ1) is 11.7. The first kappa shape index (κ1) is 14.4. The molecule has 2 aliphatic rings.